The minimum Gasteiger partial charge on any atom is -0.381 e. The highest BCUT2D eigenvalue weighted by molar-refractivity contribution is 5.78. The zero-order valence-corrected chi connectivity index (χ0v) is 8.30. The number of ether oxygens (including phenoxy) is 1. The van der Waals surface area contributed by atoms with Crippen LogP contribution >= 0.6 is 0 Å². The first-order valence-electron chi connectivity index (χ1n) is 4.73. The lowest BCUT2D eigenvalue weighted by Crippen LogP contribution is -2.38. The van der Waals surface area contributed by atoms with E-state index >= 15 is 0 Å². The molecule has 2 unspecified atom stereocenters. The average molecular weight is 186 g/mol. The van der Waals surface area contributed by atoms with Crippen LogP contribution < -0.4 is 10.6 Å². The van der Waals surface area contributed by atoms with Gasteiger partial charge in [-0.2, -0.15) is 0 Å². The lowest BCUT2D eigenvalue weighted by Gasteiger charge is -2.12. The normalized spacial score (nSPS) is 27.5. The van der Waals surface area contributed by atoms with Crippen LogP contribution in [0.3, 0.4) is 0 Å². The number of likely N-dealkylation sites (N-methyl/N-ethyl adjacent to an activating group) is 1. The Hall–Kier alpha value is -0.610. The van der Waals surface area contributed by atoms with Crippen molar-refractivity contribution >= 4 is 5.91 Å². The van der Waals surface area contributed by atoms with Gasteiger partial charge in [0.05, 0.1) is 12.6 Å². The van der Waals surface area contributed by atoms with Crippen molar-refractivity contribution in [1.82, 2.24) is 10.6 Å². The number of carbonyl (C=O) groups excluding carboxylic acids is 1. The van der Waals surface area contributed by atoms with Crippen LogP contribution in [0, 0.1) is 0 Å². The third-order valence-corrected chi connectivity index (χ3v) is 2.42. The summed E-state index contributed by atoms with van der Waals surface area (Å²) in [7, 11) is 3.49. The molecule has 1 fully saturated rings. The number of rotatable bonds is 4. The molecule has 0 heterocycles. The number of carbonyl (C=O) groups is 1. The maximum absolute atomic E-state index is 11.2. The molecule has 0 aromatic rings. The van der Waals surface area contributed by atoms with Crippen LogP contribution in [0.25, 0.3) is 0 Å². The van der Waals surface area contributed by atoms with E-state index in [1.807, 2.05) is 0 Å². The van der Waals surface area contributed by atoms with Gasteiger partial charge in [0.1, 0.15) is 0 Å². The fourth-order valence-corrected chi connectivity index (χ4v) is 1.72. The summed E-state index contributed by atoms with van der Waals surface area (Å²) in [5.41, 5.74) is 0. The molecule has 0 aromatic heterocycles. The molecule has 4 heteroatoms. The monoisotopic (exact) mass is 186 g/mol. The van der Waals surface area contributed by atoms with Crippen molar-refractivity contribution in [2.45, 2.75) is 31.4 Å². The highest BCUT2D eigenvalue weighted by Crippen LogP contribution is 2.20. The molecule has 0 aromatic carbocycles. The van der Waals surface area contributed by atoms with Crippen molar-refractivity contribution in [2.24, 2.45) is 0 Å². The van der Waals surface area contributed by atoms with Gasteiger partial charge in [-0.1, -0.05) is 0 Å². The third kappa shape index (κ3) is 3.32. The maximum Gasteiger partial charge on any atom is 0.234 e. The first-order chi connectivity index (χ1) is 6.26. The molecule has 0 bridgehead atoms. The summed E-state index contributed by atoms with van der Waals surface area (Å²) in [6.45, 7) is 0.397. The van der Waals surface area contributed by atoms with Gasteiger partial charge in [0.15, 0.2) is 0 Å². The van der Waals surface area contributed by atoms with E-state index in [-0.39, 0.29) is 5.91 Å². The first-order valence-corrected chi connectivity index (χ1v) is 4.73. The molecule has 1 rings (SSSR count). The van der Waals surface area contributed by atoms with Crippen LogP contribution in [-0.2, 0) is 9.53 Å². The highest BCUT2D eigenvalue weighted by atomic mass is 16.5. The van der Waals surface area contributed by atoms with E-state index in [1.165, 1.54) is 0 Å². The molecule has 2 N–H and O–H groups in total. The van der Waals surface area contributed by atoms with E-state index in [0.29, 0.717) is 18.7 Å². The Morgan fingerprint density at radius 2 is 2.31 bits per heavy atom. The molecule has 4 nitrogen and oxygen atoms in total. The minimum absolute atomic E-state index is 0.0734. The van der Waals surface area contributed by atoms with Gasteiger partial charge < -0.3 is 15.4 Å². The Kier molecular flexibility index (Phi) is 4.18. The zero-order valence-electron chi connectivity index (χ0n) is 8.30. The Labute approximate surface area is 79.0 Å². The minimum atomic E-state index is 0.0734. The summed E-state index contributed by atoms with van der Waals surface area (Å²) in [6.07, 6.45) is 3.38. The Morgan fingerprint density at radius 1 is 1.54 bits per heavy atom. The molecule has 13 heavy (non-hydrogen) atoms. The molecule has 0 radical (unpaired) electrons. The van der Waals surface area contributed by atoms with Crippen LogP contribution in [0.4, 0.5) is 0 Å². The Morgan fingerprint density at radius 3 is 2.85 bits per heavy atom. The number of nitrogens with one attached hydrogen (secondary N) is 2. The summed E-state index contributed by atoms with van der Waals surface area (Å²) in [6, 6.07) is 0.311. The SMILES string of the molecule is CNCC(=O)NC1CCC(OC)C1. The number of hydrogen-bond donors (Lipinski definition) is 2. The van der Waals surface area contributed by atoms with Gasteiger partial charge in [-0.3, -0.25) is 4.79 Å². The lowest BCUT2D eigenvalue weighted by molar-refractivity contribution is -0.120. The molecule has 0 saturated heterocycles. The topological polar surface area (TPSA) is 50.4 Å². The number of hydrogen-bond acceptors (Lipinski definition) is 3. The fourth-order valence-electron chi connectivity index (χ4n) is 1.72. The number of methoxy groups -OCH3 is 1. The molecular weight excluding hydrogens is 168 g/mol. The quantitative estimate of drug-likeness (QED) is 0.644. The van der Waals surface area contributed by atoms with Gasteiger partial charge >= 0.3 is 0 Å². The van der Waals surface area contributed by atoms with E-state index in [4.69, 9.17) is 4.74 Å². The summed E-state index contributed by atoms with van der Waals surface area (Å²) < 4.78 is 5.22. The molecular formula is C9H18N2O2. The first kappa shape index (κ1) is 10.5. The molecule has 0 spiro atoms. The predicted molar refractivity (Wildman–Crippen MR) is 50.5 cm³/mol. The molecule has 0 aliphatic heterocycles. The van der Waals surface area contributed by atoms with Gasteiger partial charge in [0.2, 0.25) is 5.91 Å². The second-order valence-electron chi connectivity index (χ2n) is 3.47. The Balaban J connectivity index is 2.19. The molecule has 1 amide bonds. The second-order valence-corrected chi connectivity index (χ2v) is 3.47. The molecule has 1 saturated carbocycles. The standard InChI is InChI=1S/C9H18N2O2/c1-10-6-9(12)11-7-3-4-8(5-7)13-2/h7-8,10H,3-6H2,1-2H3,(H,11,12). The summed E-state index contributed by atoms with van der Waals surface area (Å²) >= 11 is 0. The van der Waals surface area contributed by atoms with Crippen LogP contribution in [0.15, 0.2) is 0 Å². The van der Waals surface area contributed by atoms with E-state index in [2.05, 4.69) is 10.6 Å². The fraction of sp³-hybridized carbons (Fsp3) is 0.889. The highest BCUT2D eigenvalue weighted by Gasteiger charge is 2.25. The second kappa shape index (κ2) is 5.19. The van der Waals surface area contributed by atoms with E-state index in [0.717, 1.165) is 19.3 Å². The van der Waals surface area contributed by atoms with E-state index in [9.17, 15) is 4.79 Å². The molecule has 1 aliphatic carbocycles. The predicted octanol–water partition coefficient (Wildman–Crippen LogP) is -0.111. The summed E-state index contributed by atoms with van der Waals surface area (Å²) in [5, 5.41) is 5.79. The largest absolute Gasteiger partial charge is 0.381 e. The van der Waals surface area contributed by atoms with Crippen molar-refractivity contribution in [3.63, 3.8) is 0 Å². The smallest absolute Gasteiger partial charge is 0.234 e. The van der Waals surface area contributed by atoms with Gasteiger partial charge in [-0.15, -0.1) is 0 Å². The summed E-state index contributed by atoms with van der Waals surface area (Å²) in [5.74, 6) is 0.0734. The zero-order chi connectivity index (χ0) is 9.68. The summed E-state index contributed by atoms with van der Waals surface area (Å²) in [4.78, 5) is 11.2. The van der Waals surface area contributed by atoms with Gasteiger partial charge in [-0.05, 0) is 26.3 Å². The third-order valence-electron chi connectivity index (χ3n) is 2.42. The van der Waals surface area contributed by atoms with Crippen LogP contribution in [-0.4, -0.2) is 38.8 Å². The average Bonchev–Trinajstić information content (AvgIpc) is 2.52. The molecule has 76 valence electrons. The van der Waals surface area contributed by atoms with Crippen LogP contribution in [0.1, 0.15) is 19.3 Å². The van der Waals surface area contributed by atoms with Crippen molar-refractivity contribution < 1.29 is 9.53 Å². The van der Waals surface area contributed by atoms with Crippen LogP contribution in [0.5, 0.6) is 0 Å². The van der Waals surface area contributed by atoms with Crippen LogP contribution in [0.2, 0.25) is 0 Å². The molecule has 1 aliphatic rings. The van der Waals surface area contributed by atoms with Crippen molar-refractivity contribution in [3.05, 3.63) is 0 Å². The van der Waals surface area contributed by atoms with Gasteiger partial charge in [-0.25, -0.2) is 0 Å². The van der Waals surface area contributed by atoms with Gasteiger partial charge in [0, 0.05) is 13.2 Å². The Bertz CT molecular complexity index is 173. The van der Waals surface area contributed by atoms with Crippen molar-refractivity contribution in [3.8, 4) is 0 Å². The van der Waals surface area contributed by atoms with E-state index < -0.39 is 0 Å². The molecule has 2 atom stereocenters. The maximum atomic E-state index is 11.2. The van der Waals surface area contributed by atoms with Crippen molar-refractivity contribution in [2.75, 3.05) is 20.7 Å². The lowest BCUT2D eigenvalue weighted by atomic mass is 10.2. The van der Waals surface area contributed by atoms with Crippen molar-refractivity contribution in [1.29, 1.82) is 0 Å². The van der Waals surface area contributed by atoms with Gasteiger partial charge in [0.25, 0.3) is 0 Å². The van der Waals surface area contributed by atoms with E-state index in [1.54, 1.807) is 14.2 Å². The number of amides is 1.